The van der Waals surface area contributed by atoms with Gasteiger partial charge in [-0.2, -0.15) is 5.26 Å². The van der Waals surface area contributed by atoms with Gasteiger partial charge in [0.15, 0.2) is 11.2 Å². The van der Waals surface area contributed by atoms with Crippen molar-refractivity contribution >= 4 is 22.1 Å². The van der Waals surface area contributed by atoms with E-state index in [0.29, 0.717) is 29.2 Å². The second-order valence-corrected chi connectivity index (χ2v) is 6.10. The first-order chi connectivity index (χ1) is 13.1. The number of nitrogens with zero attached hydrogens (tertiary/aromatic N) is 3. The number of H-pyrrole nitrogens is 1. The Kier molecular flexibility index (Phi) is 4.01. The number of para-hydroxylation sites is 1. The van der Waals surface area contributed by atoms with Crippen LogP contribution < -0.4 is 15.0 Å². The third-order valence-corrected chi connectivity index (χ3v) is 4.51. The maximum Gasteiger partial charge on any atom is 0.183 e. The molecule has 7 heteroatoms. The number of ether oxygens (including phenoxy) is 2. The summed E-state index contributed by atoms with van der Waals surface area (Å²) in [5.74, 6) is 1.33. The topological polar surface area (TPSA) is 99.7 Å². The van der Waals surface area contributed by atoms with Gasteiger partial charge in [0.25, 0.3) is 0 Å². The second kappa shape index (κ2) is 6.50. The molecule has 134 valence electrons. The number of fused-ring (bicyclic) bond motifs is 3. The summed E-state index contributed by atoms with van der Waals surface area (Å²) in [6.07, 6.45) is 0. The fraction of sp³-hybridized carbons (Fsp3) is 0.150. The van der Waals surface area contributed by atoms with E-state index in [1.165, 1.54) is 0 Å². The van der Waals surface area contributed by atoms with Crippen molar-refractivity contribution < 1.29 is 9.47 Å². The number of hydrogen-bond donors (Lipinski definition) is 2. The molecule has 0 bridgehead atoms. The van der Waals surface area contributed by atoms with Gasteiger partial charge in [-0.1, -0.05) is 18.2 Å². The fourth-order valence-corrected chi connectivity index (χ4v) is 3.20. The summed E-state index contributed by atoms with van der Waals surface area (Å²) < 4.78 is 12.4. The molecule has 27 heavy (non-hydrogen) atoms. The predicted octanol–water partition coefficient (Wildman–Crippen LogP) is 2.93. The maximum atomic E-state index is 9.45. The molecule has 4 rings (SSSR count). The minimum absolute atomic E-state index is 0.0540. The molecule has 0 atom stereocenters. The van der Waals surface area contributed by atoms with E-state index in [1.54, 1.807) is 24.9 Å². The Morgan fingerprint density at radius 1 is 1.15 bits per heavy atom. The minimum atomic E-state index is 0.0540. The van der Waals surface area contributed by atoms with E-state index in [4.69, 9.17) is 14.9 Å². The van der Waals surface area contributed by atoms with E-state index in [-0.39, 0.29) is 11.2 Å². The first kappa shape index (κ1) is 16.7. The lowest BCUT2D eigenvalue weighted by atomic mass is 10.2. The van der Waals surface area contributed by atoms with Crippen molar-refractivity contribution in [1.82, 2.24) is 14.5 Å². The van der Waals surface area contributed by atoms with Crippen LogP contribution in [-0.4, -0.2) is 28.8 Å². The molecule has 2 heterocycles. The molecule has 0 aliphatic heterocycles. The first-order valence-corrected chi connectivity index (χ1v) is 8.32. The van der Waals surface area contributed by atoms with Crippen LogP contribution in [0.4, 0.5) is 0 Å². The van der Waals surface area contributed by atoms with Gasteiger partial charge >= 0.3 is 0 Å². The number of nitrogens with one attached hydrogen (secondary N) is 2. The quantitative estimate of drug-likeness (QED) is 0.585. The number of nitriles is 1. The molecule has 0 fully saturated rings. The van der Waals surface area contributed by atoms with E-state index in [9.17, 15) is 5.26 Å². The van der Waals surface area contributed by atoms with Crippen LogP contribution in [0.2, 0.25) is 0 Å². The molecular weight excluding hydrogens is 342 g/mol. The first-order valence-electron chi connectivity index (χ1n) is 8.32. The van der Waals surface area contributed by atoms with Gasteiger partial charge in [-0.25, -0.2) is 4.98 Å². The third-order valence-electron chi connectivity index (χ3n) is 4.51. The number of methoxy groups -OCH3 is 2. The average molecular weight is 359 g/mol. The number of benzene rings is 2. The highest BCUT2D eigenvalue weighted by molar-refractivity contribution is 6.03. The predicted molar refractivity (Wildman–Crippen MR) is 101 cm³/mol. The monoisotopic (exact) mass is 359 g/mol. The summed E-state index contributed by atoms with van der Waals surface area (Å²) >= 11 is 0. The highest BCUT2D eigenvalue weighted by Gasteiger charge is 2.14. The van der Waals surface area contributed by atoms with Crippen LogP contribution in [0.25, 0.3) is 22.1 Å². The van der Waals surface area contributed by atoms with Crippen LogP contribution in [-0.2, 0) is 6.54 Å². The molecule has 0 radical (unpaired) electrons. The summed E-state index contributed by atoms with van der Waals surface area (Å²) in [6, 6.07) is 15.4. The summed E-state index contributed by atoms with van der Waals surface area (Å²) in [6.45, 7) is 0.368. The molecule has 0 spiro atoms. The van der Waals surface area contributed by atoms with Gasteiger partial charge in [0.1, 0.15) is 28.7 Å². The van der Waals surface area contributed by atoms with Crippen molar-refractivity contribution in [2.24, 2.45) is 0 Å². The zero-order valence-electron chi connectivity index (χ0n) is 14.9. The van der Waals surface area contributed by atoms with Gasteiger partial charge in [0.2, 0.25) is 0 Å². The van der Waals surface area contributed by atoms with Crippen LogP contribution in [0.5, 0.6) is 11.5 Å². The van der Waals surface area contributed by atoms with Crippen LogP contribution in [0.3, 0.4) is 0 Å². The Bertz CT molecular complexity index is 1240. The van der Waals surface area contributed by atoms with E-state index < -0.39 is 0 Å². The van der Waals surface area contributed by atoms with E-state index in [0.717, 1.165) is 16.5 Å². The maximum absolute atomic E-state index is 9.45. The summed E-state index contributed by atoms with van der Waals surface area (Å²) in [4.78, 5) is 7.73. The molecule has 4 aromatic rings. The van der Waals surface area contributed by atoms with Crippen LogP contribution in [0.1, 0.15) is 11.3 Å². The Hall–Kier alpha value is -3.79. The van der Waals surface area contributed by atoms with Crippen LogP contribution in [0.15, 0.2) is 42.5 Å². The standard InChI is InChI=1S/C20H17N5O2/c1-26-13-7-12(8-14(9-13)27-2)11-25-19(22)17(10-21)23-18-15-5-3-4-6-16(15)24-20(18)25/h3-9,22,24H,11H2,1-2H3. The normalized spacial score (nSPS) is 10.9. The molecule has 2 aromatic carbocycles. The van der Waals surface area contributed by atoms with Crippen molar-refractivity contribution in [2.75, 3.05) is 14.2 Å². The van der Waals surface area contributed by atoms with Gasteiger partial charge in [-0.15, -0.1) is 0 Å². The third kappa shape index (κ3) is 2.77. The van der Waals surface area contributed by atoms with Crippen molar-refractivity contribution in [1.29, 1.82) is 10.7 Å². The van der Waals surface area contributed by atoms with Crippen LogP contribution in [0, 0.1) is 16.7 Å². The SMILES string of the molecule is COc1cc(Cn2c(=N)c(C#N)nc3c4ccccc4[nH]c32)cc(OC)c1. The van der Waals surface area contributed by atoms with Crippen molar-refractivity contribution in [3.8, 4) is 17.6 Å². The van der Waals surface area contributed by atoms with Crippen molar-refractivity contribution in [3.63, 3.8) is 0 Å². The molecule has 2 N–H and O–H groups in total. The summed E-state index contributed by atoms with van der Waals surface area (Å²) in [5.41, 5.74) is 3.31. The smallest absolute Gasteiger partial charge is 0.183 e. The zero-order valence-corrected chi connectivity index (χ0v) is 14.9. The fourth-order valence-electron chi connectivity index (χ4n) is 3.20. The van der Waals surface area contributed by atoms with Gasteiger partial charge in [0, 0.05) is 17.0 Å². The molecule has 0 unspecified atom stereocenters. The van der Waals surface area contributed by atoms with Crippen molar-refractivity contribution in [2.45, 2.75) is 6.54 Å². The molecular formula is C20H17N5O2. The molecule has 2 aromatic heterocycles. The number of hydrogen-bond acceptors (Lipinski definition) is 5. The number of aromatic nitrogens is 3. The number of rotatable bonds is 4. The lowest BCUT2D eigenvalue weighted by Gasteiger charge is -2.12. The minimum Gasteiger partial charge on any atom is -0.497 e. The molecule has 0 saturated heterocycles. The molecule has 0 aliphatic carbocycles. The Morgan fingerprint density at radius 2 is 1.85 bits per heavy atom. The number of aromatic amines is 1. The van der Waals surface area contributed by atoms with E-state index in [1.807, 2.05) is 42.5 Å². The molecule has 0 saturated carbocycles. The van der Waals surface area contributed by atoms with Crippen LogP contribution >= 0.6 is 0 Å². The lowest BCUT2D eigenvalue weighted by molar-refractivity contribution is 0.393. The summed E-state index contributed by atoms with van der Waals surface area (Å²) in [5, 5.41) is 18.8. The van der Waals surface area contributed by atoms with E-state index >= 15 is 0 Å². The zero-order chi connectivity index (χ0) is 19.0. The van der Waals surface area contributed by atoms with Gasteiger partial charge in [0.05, 0.1) is 20.8 Å². The Labute approximate surface area is 154 Å². The van der Waals surface area contributed by atoms with Gasteiger partial charge in [-0.05, 0) is 23.8 Å². The molecule has 0 aliphatic rings. The second-order valence-electron chi connectivity index (χ2n) is 6.10. The van der Waals surface area contributed by atoms with E-state index in [2.05, 4.69) is 9.97 Å². The lowest BCUT2D eigenvalue weighted by Crippen LogP contribution is -2.25. The van der Waals surface area contributed by atoms with Gasteiger partial charge < -0.3 is 19.0 Å². The highest BCUT2D eigenvalue weighted by Crippen LogP contribution is 2.26. The summed E-state index contributed by atoms with van der Waals surface area (Å²) in [7, 11) is 3.19. The average Bonchev–Trinajstić information content (AvgIpc) is 3.07. The molecule has 7 nitrogen and oxygen atoms in total. The van der Waals surface area contributed by atoms with Gasteiger partial charge in [-0.3, -0.25) is 5.41 Å². The Balaban J connectivity index is 1.97. The molecule has 0 amide bonds. The highest BCUT2D eigenvalue weighted by atomic mass is 16.5. The Morgan fingerprint density at radius 3 is 2.52 bits per heavy atom. The largest absolute Gasteiger partial charge is 0.497 e. The van der Waals surface area contributed by atoms with Crippen molar-refractivity contribution in [3.05, 3.63) is 59.2 Å².